The lowest BCUT2D eigenvalue weighted by Crippen LogP contribution is -2.11. The highest BCUT2D eigenvalue weighted by Crippen LogP contribution is 2.37. The van der Waals surface area contributed by atoms with Crippen LogP contribution in [0.15, 0.2) is 54.2 Å². The van der Waals surface area contributed by atoms with E-state index in [9.17, 15) is 4.79 Å². The molecule has 0 bridgehead atoms. The van der Waals surface area contributed by atoms with Crippen LogP contribution in [0.25, 0.3) is 11.6 Å². The molecule has 2 heterocycles. The number of hydrogen-bond donors (Lipinski definition) is 2. The second-order valence-electron chi connectivity index (χ2n) is 5.53. The van der Waals surface area contributed by atoms with Gasteiger partial charge < -0.3 is 15.4 Å². The van der Waals surface area contributed by atoms with Gasteiger partial charge in [-0.15, -0.1) is 0 Å². The van der Waals surface area contributed by atoms with Crippen LogP contribution in [0.2, 0.25) is 0 Å². The number of ether oxygens (including phenoxy) is 1. The van der Waals surface area contributed by atoms with E-state index in [4.69, 9.17) is 4.74 Å². The Hall–Kier alpha value is -2.53. The highest BCUT2D eigenvalue weighted by Gasteiger charge is 2.27. The highest BCUT2D eigenvalue weighted by molar-refractivity contribution is 9.09. The van der Waals surface area contributed by atoms with E-state index in [2.05, 4.69) is 26.6 Å². The van der Waals surface area contributed by atoms with E-state index < -0.39 is 0 Å². The van der Waals surface area contributed by atoms with Crippen LogP contribution in [0.1, 0.15) is 11.1 Å². The van der Waals surface area contributed by atoms with Crippen molar-refractivity contribution < 1.29 is 9.53 Å². The number of rotatable bonds is 3. The van der Waals surface area contributed by atoms with Crippen molar-refractivity contribution in [2.24, 2.45) is 0 Å². The van der Waals surface area contributed by atoms with Crippen LogP contribution in [-0.2, 0) is 4.79 Å². The van der Waals surface area contributed by atoms with Gasteiger partial charge in [0.1, 0.15) is 5.75 Å². The summed E-state index contributed by atoms with van der Waals surface area (Å²) in [5.41, 5.74) is 5.26. The zero-order valence-electron chi connectivity index (χ0n) is 12.8. The van der Waals surface area contributed by atoms with E-state index in [1.807, 2.05) is 54.6 Å². The number of amides is 1. The summed E-state index contributed by atoms with van der Waals surface area (Å²) in [6.07, 6.45) is 3.94. The molecule has 4 rings (SSSR count). The highest BCUT2D eigenvalue weighted by atomic mass is 79.9. The lowest BCUT2D eigenvalue weighted by Gasteiger charge is -2.18. The molecule has 2 aromatic rings. The molecule has 5 heteroatoms. The number of benzene rings is 2. The van der Waals surface area contributed by atoms with Gasteiger partial charge in [0.05, 0.1) is 17.9 Å². The summed E-state index contributed by atoms with van der Waals surface area (Å²) in [7, 11) is 0. The number of carbonyl (C=O) groups excluding carboxylic acids is 1. The summed E-state index contributed by atoms with van der Waals surface area (Å²) in [6.45, 7) is 0.627. The van der Waals surface area contributed by atoms with Crippen LogP contribution in [0.3, 0.4) is 0 Å². The predicted molar refractivity (Wildman–Crippen MR) is 100 cm³/mol. The van der Waals surface area contributed by atoms with Gasteiger partial charge in [-0.1, -0.05) is 40.2 Å². The predicted octanol–water partition coefficient (Wildman–Crippen LogP) is 4.26. The molecule has 2 aliphatic heterocycles. The molecule has 2 aromatic carbocycles. The minimum atomic E-state index is -0.0796. The van der Waals surface area contributed by atoms with Crippen LogP contribution in [-0.4, -0.2) is 17.8 Å². The number of halogens is 1. The van der Waals surface area contributed by atoms with Crippen molar-refractivity contribution in [2.75, 3.05) is 22.6 Å². The third kappa shape index (κ3) is 2.61. The molecule has 0 saturated heterocycles. The standard InChI is InChI=1S/C19H15BrN2O2/c20-9-10-24-13-6-8-15-12(11-13)5-7-17(21-15)18-14-3-1-2-4-16(14)22-19(18)23/h1-8,11,21H,9-10H2,(H,22,23). The minimum absolute atomic E-state index is 0.0796. The van der Waals surface area contributed by atoms with E-state index in [1.165, 1.54) is 0 Å². The van der Waals surface area contributed by atoms with E-state index in [1.54, 1.807) is 0 Å². The monoisotopic (exact) mass is 382 g/mol. The first kappa shape index (κ1) is 15.0. The maximum absolute atomic E-state index is 12.3. The third-order valence-corrected chi connectivity index (χ3v) is 4.33. The van der Waals surface area contributed by atoms with Gasteiger partial charge in [0.25, 0.3) is 5.91 Å². The summed E-state index contributed by atoms with van der Waals surface area (Å²) in [5.74, 6) is 0.754. The third-order valence-electron chi connectivity index (χ3n) is 4.01. The molecule has 0 fully saturated rings. The number of alkyl halides is 1. The Bertz CT molecular complexity index is 887. The normalized spacial score (nSPS) is 17.8. The zero-order valence-corrected chi connectivity index (χ0v) is 14.4. The van der Waals surface area contributed by atoms with Gasteiger partial charge in [-0.05, 0) is 30.3 Å². The molecule has 0 unspecified atom stereocenters. The van der Waals surface area contributed by atoms with Gasteiger partial charge in [-0.3, -0.25) is 4.79 Å². The molecule has 0 atom stereocenters. The number of fused-ring (bicyclic) bond motifs is 2. The van der Waals surface area contributed by atoms with Crippen molar-refractivity contribution >= 4 is 44.9 Å². The van der Waals surface area contributed by atoms with Crippen molar-refractivity contribution in [2.45, 2.75) is 0 Å². The zero-order chi connectivity index (χ0) is 16.5. The van der Waals surface area contributed by atoms with Gasteiger partial charge >= 0.3 is 0 Å². The topological polar surface area (TPSA) is 50.4 Å². The molecule has 0 spiro atoms. The first-order valence-electron chi connectivity index (χ1n) is 7.69. The van der Waals surface area contributed by atoms with E-state index >= 15 is 0 Å². The molecule has 0 saturated carbocycles. The maximum Gasteiger partial charge on any atom is 0.258 e. The first-order valence-corrected chi connectivity index (χ1v) is 8.81. The van der Waals surface area contributed by atoms with Crippen LogP contribution < -0.4 is 15.4 Å². The van der Waals surface area contributed by atoms with Crippen LogP contribution in [0, 0.1) is 0 Å². The summed E-state index contributed by atoms with van der Waals surface area (Å²) in [6, 6.07) is 13.6. The smallest absolute Gasteiger partial charge is 0.258 e. The van der Waals surface area contributed by atoms with Crippen molar-refractivity contribution in [1.82, 2.24) is 0 Å². The van der Waals surface area contributed by atoms with E-state index in [-0.39, 0.29) is 5.91 Å². The van der Waals surface area contributed by atoms with E-state index in [0.29, 0.717) is 12.2 Å². The minimum Gasteiger partial charge on any atom is -0.493 e. The summed E-state index contributed by atoms with van der Waals surface area (Å²) in [4.78, 5) is 12.3. The van der Waals surface area contributed by atoms with Gasteiger partial charge in [0.15, 0.2) is 0 Å². The summed E-state index contributed by atoms with van der Waals surface area (Å²) in [5, 5.41) is 7.06. The Morgan fingerprint density at radius 3 is 2.75 bits per heavy atom. The molecule has 2 aliphatic rings. The number of carbonyl (C=O) groups is 1. The summed E-state index contributed by atoms with van der Waals surface area (Å²) < 4.78 is 5.63. The molecule has 0 aromatic heterocycles. The number of anilines is 2. The molecule has 0 radical (unpaired) electrons. The number of nitrogens with one attached hydrogen (secondary N) is 2. The molecule has 0 aliphatic carbocycles. The first-order chi connectivity index (χ1) is 11.8. The molecule has 24 heavy (non-hydrogen) atoms. The van der Waals surface area contributed by atoms with Crippen molar-refractivity contribution in [3.8, 4) is 5.75 Å². The van der Waals surface area contributed by atoms with Gasteiger partial charge in [-0.25, -0.2) is 0 Å². The molecule has 4 nitrogen and oxygen atoms in total. The van der Waals surface area contributed by atoms with Crippen LogP contribution in [0.5, 0.6) is 5.75 Å². The quantitative estimate of drug-likeness (QED) is 0.615. The summed E-state index contributed by atoms with van der Waals surface area (Å²) >= 11 is 3.35. The Morgan fingerprint density at radius 1 is 1.00 bits per heavy atom. The van der Waals surface area contributed by atoms with Gasteiger partial charge in [-0.2, -0.15) is 0 Å². The van der Waals surface area contributed by atoms with Crippen molar-refractivity contribution in [1.29, 1.82) is 0 Å². The SMILES string of the molecule is O=C1Nc2ccccc2C1=C1C=Cc2cc(OCCBr)ccc2N1. The lowest BCUT2D eigenvalue weighted by molar-refractivity contribution is -0.110. The molecular formula is C19H15BrN2O2. The number of para-hydroxylation sites is 1. The fraction of sp³-hybridized carbons (Fsp3) is 0.105. The number of allylic oxidation sites excluding steroid dienone is 1. The fourth-order valence-corrected chi connectivity index (χ4v) is 3.09. The lowest BCUT2D eigenvalue weighted by atomic mass is 10.0. The number of hydrogen-bond acceptors (Lipinski definition) is 3. The van der Waals surface area contributed by atoms with Crippen molar-refractivity contribution in [3.05, 3.63) is 65.4 Å². The molecule has 120 valence electrons. The maximum atomic E-state index is 12.3. The second-order valence-corrected chi connectivity index (χ2v) is 6.33. The molecule has 1 amide bonds. The second kappa shape index (κ2) is 6.17. The average Bonchev–Trinajstić information content (AvgIpc) is 2.95. The van der Waals surface area contributed by atoms with Gasteiger partial charge in [0.2, 0.25) is 0 Å². The Balaban J connectivity index is 1.70. The molecular weight excluding hydrogens is 368 g/mol. The van der Waals surface area contributed by atoms with Crippen LogP contribution in [0.4, 0.5) is 11.4 Å². The Morgan fingerprint density at radius 2 is 1.88 bits per heavy atom. The van der Waals surface area contributed by atoms with Crippen molar-refractivity contribution in [3.63, 3.8) is 0 Å². The largest absolute Gasteiger partial charge is 0.493 e. The van der Waals surface area contributed by atoms with Gasteiger partial charge in [0, 0.05) is 27.8 Å². The average molecular weight is 383 g/mol. The van der Waals surface area contributed by atoms with Crippen LogP contribution >= 0.6 is 15.9 Å². The van der Waals surface area contributed by atoms with E-state index in [0.717, 1.165) is 39.3 Å². The molecule has 2 N–H and O–H groups in total. The fourth-order valence-electron chi connectivity index (χ4n) is 2.93. The Labute approximate surface area is 148 Å². The Kier molecular flexibility index (Phi) is 3.86.